The van der Waals surface area contributed by atoms with Gasteiger partial charge in [0.05, 0.1) is 23.4 Å². The summed E-state index contributed by atoms with van der Waals surface area (Å²) in [6.45, 7) is 1.82. The second kappa shape index (κ2) is 8.50. The van der Waals surface area contributed by atoms with Crippen molar-refractivity contribution in [3.8, 4) is 5.75 Å². The molecule has 0 aliphatic heterocycles. The molecule has 0 unspecified atom stereocenters. The molecular weight excluding hydrogens is 344 g/mol. The lowest BCUT2D eigenvalue weighted by atomic mass is 10.1. The van der Waals surface area contributed by atoms with Gasteiger partial charge in [-0.05, 0) is 37.3 Å². The van der Waals surface area contributed by atoms with Gasteiger partial charge in [-0.1, -0.05) is 23.2 Å². The van der Waals surface area contributed by atoms with Crippen molar-refractivity contribution >= 4 is 34.8 Å². The number of hydrogen-bond donors (Lipinski definition) is 2. The molecule has 0 heterocycles. The van der Waals surface area contributed by atoms with Crippen molar-refractivity contribution in [1.29, 1.82) is 0 Å². The van der Waals surface area contributed by atoms with Crippen LogP contribution in [-0.4, -0.2) is 32.6 Å². The number of amides is 2. The normalized spacial score (nSPS) is 10.2. The van der Waals surface area contributed by atoms with Gasteiger partial charge >= 0.3 is 0 Å². The summed E-state index contributed by atoms with van der Waals surface area (Å²) in [5.74, 6) is -0.200. The zero-order valence-corrected chi connectivity index (χ0v) is 14.9. The molecule has 2 rings (SSSR count). The number of carbonyl (C=O) groups excluding carboxylic acids is 2. The first-order valence-electron chi connectivity index (χ1n) is 7.49. The van der Waals surface area contributed by atoms with E-state index in [1.54, 1.807) is 30.3 Å². The van der Waals surface area contributed by atoms with Gasteiger partial charge in [0.15, 0.2) is 0 Å². The highest BCUT2D eigenvalue weighted by atomic mass is 35.5. The molecule has 0 bridgehead atoms. The Labute approximate surface area is 151 Å². The van der Waals surface area contributed by atoms with Crippen molar-refractivity contribution < 1.29 is 19.1 Å². The molecule has 2 amide bonds. The SMILES string of the molecule is COCC(=O)Nc1ccc(Cl)c(NC(=O)c2cc(C)ccc2OC)c1. The summed E-state index contributed by atoms with van der Waals surface area (Å²) in [6.07, 6.45) is 0. The molecule has 0 saturated heterocycles. The Morgan fingerprint density at radius 3 is 2.52 bits per heavy atom. The third-order valence-corrected chi connectivity index (χ3v) is 3.70. The highest BCUT2D eigenvalue weighted by Crippen LogP contribution is 2.27. The number of ether oxygens (including phenoxy) is 2. The number of anilines is 2. The summed E-state index contributed by atoms with van der Waals surface area (Å²) in [7, 11) is 2.93. The van der Waals surface area contributed by atoms with Gasteiger partial charge in [0.25, 0.3) is 5.91 Å². The Morgan fingerprint density at radius 2 is 1.84 bits per heavy atom. The predicted octanol–water partition coefficient (Wildman–Crippen LogP) is 3.49. The van der Waals surface area contributed by atoms with Crippen LogP contribution in [0.25, 0.3) is 0 Å². The van der Waals surface area contributed by atoms with Crippen molar-refractivity contribution in [2.24, 2.45) is 0 Å². The van der Waals surface area contributed by atoms with Gasteiger partial charge in [0.2, 0.25) is 5.91 Å². The zero-order valence-electron chi connectivity index (χ0n) is 14.2. The van der Waals surface area contributed by atoms with Crippen LogP contribution >= 0.6 is 11.6 Å². The van der Waals surface area contributed by atoms with Crippen LogP contribution in [0.15, 0.2) is 36.4 Å². The third kappa shape index (κ3) is 4.95. The van der Waals surface area contributed by atoms with Gasteiger partial charge in [-0.25, -0.2) is 0 Å². The molecule has 132 valence electrons. The van der Waals surface area contributed by atoms with Crippen molar-refractivity contribution in [3.63, 3.8) is 0 Å². The number of aryl methyl sites for hydroxylation is 1. The van der Waals surface area contributed by atoms with Crippen LogP contribution in [0.4, 0.5) is 11.4 Å². The number of hydrogen-bond acceptors (Lipinski definition) is 4. The van der Waals surface area contributed by atoms with Crippen LogP contribution in [0.1, 0.15) is 15.9 Å². The maximum atomic E-state index is 12.6. The molecule has 0 fully saturated rings. The van der Waals surface area contributed by atoms with E-state index in [2.05, 4.69) is 10.6 Å². The molecule has 7 heteroatoms. The van der Waals surface area contributed by atoms with Gasteiger partial charge in [-0.3, -0.25) is 9.59 Å². The highest BCUT2D eigenvalue weighted by molar-refractivity contribution is 6.34. The van der Waals surface area contributed by atoms with Gasteiger partial charge in [-0.2, -0.15) is 0 Å². The third-order valence-electron chi connectivity index (χ3n) is 3.37. The minimum Gasteiger partial charge on any atom is -0.496 e. The Hall–Kier alpha value is -2.57. The minimum absolute atomic E-state index is 0.0647. The Morgan fingerprint density at radius 1 is 1.08 bits per heavy atom. The van der Waals surface area contributed by atoms with Gasteiger partial charge in [-0.15, -0.1) is 0 Å². The van der Waals surface area contributed by atoms with Crippen LogP contribution < -0.4 is 15.4 Å². The topological polar surface area (TPSA) is 76.7 Å². The quantitative estimate of drug-likeness (QED) is 0.824. The molecule has 2 N–H and O–H groups in total. The Bertz CT molecular complexity index is 793. The molecule has 6 nitrogen and oxygen atoms in total. The zero-order chi connectivity index (χ0) is 18.4. The number of nitrogens with one attached hydrogen (secondary N) is 2. The Balaban J connectivity index is 2.23. The largest absolute Gasteiger partial charge is 0.496 e. The molecule has 2 aromatic carbocycles. The molecule has 0 aliphatic carbocycles. The molecule has 0 atom stereocenters. The van der Waals surface area contributed by atoms with Crippen LogP contribution in [0.3, 0.4) is 0 Å². The van der Waals surface area contributed by atoms with E-state index >= 15 is 0 Å². The molecule has 25 heavy (non-hydrogen) atoms. The van der Waals surface area contributed by atoms with E-state index in [0.717, 1.165) is 5.56 Å². The number of halogens is 1. The Kier molecular flexibility index (Phi) is 6.38. The number of rotatable bonds is 6. The van der Waals surface area contributed by atoms with E-state index in [-0.39, 0.29) is 18.4 Å². The van der Waals surface area contributed by atoms with Crippen molar-refractivity contribution in [1.82, 2.24) is 0 Å². The smallest absolute Gasteiger partial charge is 0.259 e. The van der Waals surface area contributed by atoms with Crippen LogP contribution in [-0.2, 0) is 9.53 Å². The summed E-state index contributed by atoms with van der Waals surface area (Å²) in [5, 5.41) is 5.75. The summed E-state index contributed by atoms with van der Waals surface area (Å²) >= 11 is 6.15. The molecule has 0 radical (unpaired) electrons. The molecule has 0 saturated carbocycles. The number of benzene rings is 2. The summed E-state index contributed by atoms with van der Waals surface area (Å²) < 4.78 is 10.00. The average Bonchev–Trinajstić information content (AvgIpc) is 2.58. The molecule has 0 spiro atoms. The first kappa shape index (κ1) is 18.8. The molecule has 0 aliphatic rings. The lowest BCUT2D eigenvalue weighted by Gasteiger charge is -2.13. The average molecular weight is 363 g/mol. The summed E-state index contributed by atoms with van der Waals surface area (Å²) in [6, 6.07) is 10.1. The van der Waals surface area contributed by atoms with E-state index < -0.39 is 0 Å². The fraction of sp³-hybridized carbons (Fsp3) is 0.222. The fourth-order valence-corrected chi connectivity index (χ4v) is 2.38. The summed E-state index contributed by atoms with van der Waals surface area (Å²) in [5.41, 5.74) is 2.20. The lowest BCUT2D eigenvalue weighted by molar-refractivity contribution is -0.119. The van der Waals surface area contributed by atoms with E-state index in [1.165, 1.54) is 14.2 Å². The van der Waals surface area contributed by atoms with Gasteiger partial charge < -0.3 is 20.1 Å². The molecule has 2 aromatic rings. The molecule has 0 aromatic heterocycles. The van der Waals surface area contributed by atoms with Crippen LogP contribution in [0.2, 0.25) is 5.02 Å². The van der Waals surface area contributed by atoms with Gasteiger partial charge in [0.1, 0.15) is 12.4 Å². The van der Waals surface area contributed by atoms with Crippen molar-refractivity contribution in [2.45, 2.75) is 6.92 Å². The van der Waals surface area contributed by atoms with E-state index in [0.29, 0.717) is 27.7 Å². The maximum Gasteiger partial charge on any atom is 0.259 e. The fourth-order valence-electron chi connectivity index (χ4n) is 2.22. The second-order valence-corrected chi connectivity index (χ2v) is 5.74. The highest BCUT2D eigenvalue weighted by Gasteiger charge is 2.15. The minimum atomic E-state index is -0.359. The lowest BCUT2D eigenvalue weighted by Crippen LogP contribution is -2.18. The van der Waals surface area contributed by atoms with Crippen LogP contribution in [0, 0.1) is 6.92 Å². The molecular formula is C18H19ClN2O4. The van der Waals surface area contributed by atoms with Gasteiger partial charge in [0, 0.05) is 12.8 Å². The van der Waals surface area contributed by atoms with Crippen molar-refractivity contribution in [2.75, 3.05) is 31.5 Å². The van der Waals surface area contributed by atoms with E-state index in [1.807, 2.05) is 13.0 Å². The monoisotopic (exact) mass is 362 g/mol. The first-order valence-corrected chi connectivity index (χ1v) is 7.86. The summed E-state index contributed by atoms with van der Waals surface area (Å²) in [4.78, 5) is 24.2. The first-order chi connectivity index (χ1) is 11.9. The van der Waals surface area contributed by atoms with E-state index in [9.17, 15) is 9.59 Å². The van der Waals surface area contributed by atoms with Crippen LogP contribution in [0.5, 0.6) is 5.75 Å². The predicted molar refractivity (Wildman–Crippen MR) is 97.6 cm³/mol. The maximum absolute atomic E-state index is 12.6. The van der Waals surface area contributed by atoms with Crippen molar-refractivity contribution in [3.05, 3.63) is 52.5 Å². The number of methoxy groups -OCH3 is 2. The second-order valence-electron chi connectivity index (χ2n) is 5.33. The number of carbonyl (C=O) groups is 2. The van der Waals surface area contributed by atoms with E-state index in [4.69, 9.17) is 21.1 Å². The standard InChI is InChI=1S/C18H19ClN2O4/c1-11-4-7-16(25-3)13(8-11)18(23)21-15-9-12(5-6-14(15)19)20-17(22)10-24-2/h4-9H,10H2,1-3H3,(H,20,22)(H,21,23).